The van der Waals surface area contributed by atoms with Gasteiger partial charge in [-0.2, -0.15) is 0 Å². The summed E-state index contributed by atoms with van der Waals surface area (Å²) in [4.78, 5) is 26.3. The number of aromatic nitrogens is 1. The number of hydrogen-bond acceptors (Lipinski definition) is 2. The molecule has 0 saturated heterocycles. The molecule has 0 spiro atoms. The average molecular weight is 369 g/mol. The molecule has 0 bridgehead atoms. The smallest absolute Gasteiger partial charge is 0.261 e. The Labute approximate surface area is 141 Å². The number of imide groups is 1. The highest BCUT2D eigenvalue weighted by Crippen LogP contribution is 2.29. The average Bonchev–Trinajstić information content (AvgIpc) is 2.98. The van der Waals surface area contributed by atoms with E-state index in [4.69, 9.17) is 0 Å². The van der Waals surface area contributed by atoms with Crippen LogP contribution in [0.5, 0.6) is 0 Å². The number of nitrogens with zero attached hydrogens (tertiary/aromatic N) is 2. The van der Waals surface area contributed by atoms with Crippen LogP contribution in [0.25, 0.3) is 10.9 Å². The summed E-state index contributed by atoms with van der Waals surface area (Å²) in [6.07, 6.45) is 1.97. The first kappa shape index (κ1) is 14.2. The molecular formula is C18H13BrN2O2. The largest absolute Gasteiger partial charge is 0.350 e. The highest BCUT2D eigenvalue weighted by molar-refractivity contribution is 9.10. The Morgan fingerprint density at radius 2 is 1.65 bits per heavy atom. The van der Waals surface area contributed by atoms with Gasteiger partial charge in [0.1, 0.15) is 0 Å². The van der Waals surface area contributed by atoms with Crippen molar-refractivity contribution in [2.75, 3.05) is 0 Å². The predicted molar refractivity (Wildman–Crippen MR) is 91.3 cm³/mol. The van der Waals surface area contributed by atoms with E-state index in [0.717, 1.165) is 20.9 Å². The van der Waals surface area contributed by atoms with Gasteiger partial charge in [-0.05, 0) is 29.8 Å². The van der Waals surface area contributed by atoms with Crippen molar-refractivity contribution in [2.45, 2.75) is 6.54 Å². The summed E-state index contributed by atoms with van der Waals surface area (Å²) < 4.78 is 3.01. The van der Waals surface area contributed by atoms with Crippen LogP contribution in [0.4, 0.5) is 0 Å². The Bertz CT molecular complexity index is 939. The molecule has 2 aromatic carbocycles. The second kappa shape index (κ2) is 5.06. The summed E-state index contributed by atoms with van der Waals surface area (Å²) in [6.45, 7) is 0.283. The van der Waals surface area contributed by atoms with Gasteiger partial charge in [0.15, 0.2) is 0 Å². The first-order valence-electron chi connectivity index (χ1n) is 7.25. The van der Waals surface area contributed by atoms with Crippen molar-refractivity contribution in [3.05, 3.63) is 69.8 Å². The van der Waals surface area contributed by atoms with Gasteiger partial charge in [0.2, 0.25) is 0 Å². The Kier molecular flexibility index (Phi) is 3.13. The third-order valence-corrected chi connectivity index (χ3v) is 4.74. The maximum atomic E-state index is 12.5. The van der Waals surface area contributed by atoms with Crippen molar-refractivity contribution in [2.24, 2.45) is 7.05 Å². The third-order valence-electron chi connectivity index (χ3n) is 4.24. The van der Waals surface area contributed by atoms with E-state index in [1.54, 1.807) is 24.3 Å². The van der Waals surface area contributed by atoms with Crippen molar-refractivity contribution in [3.8, 4) is 0 Å². The van der Waals surface area contributed by atoms with E-state index < -0.39 is 0 Å². The van der Waals surface area contributed by atoms with Gasteiger partial charge >= 0.3 is 0 Å². The highest BCUT2D eigenvalue weighted by atomic mass is 79.9. The van der Waals surface area contributed by atoms with E-state index in [2.05, 4.69) is 15.9 Å². The molecule has 2 amide bonds. The third kappa shape index (κ3) is 2.11. The molecule has 23 heavy (non-hydrogen) atoms. The minimum absolute atomic E-state index is 0.222. The van der Waals surface area contributed by atoms with E-state index in [1.807, 2.05) is 36.0 Å². The van der Waals surface area contributed by atoms with Crippen LogP contribution in [0.3, 0.4) is 0 Å². The van der Waals surface area contributed by atoms with Gasteiger partial charge in [-0.25, -0.2) is 0 Å². The Morgan fingerprint density at radius 3 is 2.30 bits per heavy atom. The molecule has 0 aliphatic carbocycles. The number of amides is 2. The Balaban J connectivity index is 1.75. The number of carbonyl (C=O) groups is 2. The zero-order chi connectivity index (χ0) is 16.1. The second-order valence-corrected chi connectivity index (χ2v) is 6.58. The van der Waals surface area contributed by atoms with Crippen LogP contribution in [-0.4, -0.2) is 21.3 Å². The number of aryl methyl sites for hydroxylation is 1. The summed E-state index contributed by atoms with van der Waals surface area (Å²) >= 11 is 3.47. The fraction of sp³-hybridized carbons (Fsp3) is 0.111. The molecule has 4 rings (SSSR count). The number of halogens is 1. The molecule has 4 nitrogen and oxygen atoms in total. The van der Waals surface area contributed by atoms with E-state index >= 15 is 0 Å². The summed E-state index contributed by atoms with van der Waals surface area (Å²) in [5.74, 6) is -0.445. The number of fused-ring (bicyclic) bond motifs is 2. The number of benzene rings is 2. The second-order valence-electron chi connectivity index (χ2n) is 5.67. The van der Waals surface area contributed by atoms with Crippen molar-refractivity contribution in [1.82, 2.24) is 9.47 Å². The van der Waals surface area contributed by atoms with Crippen LogP contribution in [0.15, 0.2) is 53.1 Å². The highest BCUT2D eigenvalue weighted by Gasteiger charge is 2.35. The fourth-order valence-electron chi connectivity index (χ4n) is 3.12. The van der Waals surface area contributed by atoms with Gasteiger partial charge in [-0.15, -0.1) is 0 Å². The number of carbonyl (C=O) groups excluding carboxylic acids is 2. The van der Waals surface area contributed by atoms with Crippen molar-refractivity contribution >= 4 is 38.6 Å². The standard InChI is InChI=1S/C18H13BrN2O2/c1-20-9-11(13-7-6-12(19)8-16(13)20)10-21-17(22)14-4-2-3-5-15(14)18(21)23/h2-9H,10H2,1H3. The molecule has 2 heterocycles. The summed E-state index contributed by atoms with van der Waals surface area (Å²) in [5, 5.41) is 1.05. The van der Waals surface area contributed by atoms with Crippen LogP contribution in [0, 0.1) is 0 Å². The lowest BCUT2D eigenvalue weighted by Crippen LogP contribution is -2.29. The maximum absolute atomic E-state index is 12.5. The monoisotopic (exact) mass is 368 g/mol. The van der Waals surface area contributed by atoms with Crippen LogP contribution in [-0.2, 0) is 13.6 Å². The van der Waals surface area contributed by atoms with Crippen molar-refractivity contribution in [1.29, 1.82) is 0 Å². The summed E-state index contributed by atoms with van der Waals surface area (Å²) in [6, 6.07) is 13.0. The lowest BCUT2D eigenvalue weighted by atomic mass is 10.1. The lowest BCUT2D eigenvalue weighted by Gasteiger charge is -2.13. The van der Waals surface area contributed by atoms with Crippen molar-refractivity contribution in [3.63, 3.8) is 0 Å². The molecule has 1 aromatic heterocycles. The minimum atomic E-state index is -0.222. The van der Waals surface area contributed by atoms with Crippen LogP contribution in [0.2, 0.25) is 0 Å². The fourth-order valence-corrected chi connectivity index (χ4v) is 3.47. The molecule has 5 heteroatoms. The van der Waals surface area contributed by atoms with Gasteiger partial charge < -0.3 is 4.57 Å². The first-order valence-corrected chi connectivity index (χ1v) is 8.04. The first-order chi connectivity index (χ1) is 11.1. The molecule has 114 valence electrons. The van der Waals surface area contributed by atoms with Gasteiger partial charge in [-0.1, -0.05) is 34.1 Å². The Hall–Kier alpha value is -2.40. The maximum Gasteiger partial charge on any atom is 0.261 e. The van der Waals surface area contributed by atoms with Crippen LogP contribution >= 0.6 is 15.9 Å². The van der Waals surface area contributed by atoms with Gasteiger partial charge in [0, 0.05) is 28.6 Å². The Morgan fingerprint density at radius 1 is 1.00 bits per heavy atom. The topological polar surface area (TPSA) is 42.3 Å². The van der Waals surface area contributed by atoms with E-state index in [9.17, 15) is 9.59 Å². The lowest BCUT2D eigenvalue weighted by molar-refractivity contribution is 0.0643. The van der Waals surface area contributed by atoms with Crippen LogP contribution in [0.1, 0.15) is 26.3 Å². The molecule has 3 aromatic rings. The molecule has 0 atom stereocenters. The molecule has 0 fully saturated rings. The molecule has 1 aliphatic rings. The molecular weight excluding hydrogens is 356 g/mol. The summed E-state index contributed by atoms with van der Waals surface area (Å²) in [5.41, 5.74) is 3.00. The zero-order valence-corrected chi connectivity index (χ0v) is 14.0. The van der Waals surface area contributed by atoms with Crippen molar-refractivity contribution < 1.29 is 9.59 Å². The minimum Gasteiger partial charge on any atom is -0.350 e. The number of hydrogen-bond donors (Lipinski definition) is 0. The van der Waals surface area contributed by atoms with Crippen LogP contribution < -0.4 is 0 Å². The molecule has 0 saturated carbocycles. The zero-order valence-electron chi connectivity index (χ0n) is 12.4. The molecule has 0 unspecified atom stereocenters. The van der Waals surface area contributed by atoms with E-state index in [1.165, 1.54) is 4.90 Å². The number of rotatable bonds is 2. The molecule has 0 radical (unpaired) electrons. The van der Waals surface area contributed by atoms with E-state index in [0.29, 0.717) is 11.1 Å². The van der Waals surface area contributed by atoms with Gasteiger partial charge in [0.05, 0.1) is 17.7 Å². The normalized spacial score (nSPS) is 13.9. The van der Waals surface area contributed by atoms with E-state index in [-0.39, 0.29) is 18.4 Å². The molecule has 0 N–H and O–H groups in total. The predicted octanol–water partition coefficient (Wildman–Crippen LogP) is 3.74. The van der Waals surface area contributed by atoms with Gasteiger partial charge in [0.25, 0.3) is 11.8 Å². The SMILES string of the molecule is Cn1cc(CN2C(=O)c3ccccc3C2=O)c2ccc(Br)cc21. The quantitative estimate of drug-likeness (QED) is 0.646. The summed E-state index contributed by atoms with van der Waals surface area (Å²) in [7, 11) is 1.96. The van der Waals surface area contributed by atoms with Gasteiger partial charge in [-0.3, -0.25) is 14.5 Å². The molecule has 1 aliphatic heterocycles.